The molecule has 0 spiro atoms. The van der Waals surface area contributed by atoms with Crippen LogP contribution < -0.4 is 0 Å². The van der Waals surface area contributed by atoms with Gasteiger partial charge in [0.2, 0.25) is 0 Å². The predicted octanol–water partition coefficient (Wildman–Crippen LogP) is 11.8. The molecule has 228 valence electrons. The van der Waals surface area contributed by atoms with Crippen molar-refractivity contribution in [1.82, 2.24) is 0 Å². The van der Waals surface area contributed by atoms with Crippen molar-refractivity contribution < 1.29 is 13.0 Å². The Balaban J connectivity index is 1.80. The first-order valence-electron chi connectivity index (χ1n) is 17.0. The summed E-state index contributed by atoms with van der Waals surface area (Å²) >= 11 is 0. The summed E-state index contributed by atoms with van der Waals surface area (Å²) in [5.41, 5.74) is 1.96. The van der Waals surface area contributed by atoms with Gasteiger partial charge in [0.15, 0.2) is 0 Å². The number of benzene rings is 2. The number of hydrogen-bond donors (Lipinski definition) is 1. The molecule has 40 heavy (non-hydrogen) atoms. The van der Waals surface area contributed by atoms with Gasteiger partial charge in [0, 0.05) is 5.39 Å². The molecule has 2 aromatic rings. The highest BCUT2D eigenvalue weighted by Gasteiger charge is 2.20. The molecule has 0 heterocycles. The van der Waals surface area contributed by atoms with E-state index in [0.717, 1.165) is 36.6 Å². The van der Waals surface area contributed by atoms with Crippen molar-refractivity contribution in [3.8, 4) is 0 Å². The van der Waals surface area contributed by atoms with Crippen LogP contribution in [0.1, 0.15) is 166 Å². The van der Waals surface area contributed by atoms with Gasteiger partial charge in [-0.25, -0.2) is 0 Å². The van der Waals surface area contributed by atoms with E-state index >= 15 is 0 Å². The Hall–Kier alpha value is -1.39. The van der Waals surface area contributed by atoms with Crippen LogP contribution in [0.15, 0.2) is 35.2 Å². The standard InChI is InChI=1S/C36H60O3S/c1-3-5-7-9-11-13-15-17-19-21-23-26-32-28-25-29-35-34(32)31-30-33(36(35)40(37,38)39)27-24-22-20-18-16-14-12-10-8-6-4-2/h25,28-31H,3-24,26-27H2,1-2H3,(H,37,38,39). The Bertz CT molecular complexity index is 1030. The molecule has 2 aromatic carbocycles. The molecule has 3 nitrogen and oxygen atoms in total. The molecule has 0 amide bonds. The maximum Gasteiger partial charge on any atom is 0.295 e. The third-order valence-electron chi connectivity index (χ3n) is 8.54. The average Bonchev–Trinajstić information content (AvgIpc) is 2.93. The van der Waals surface area contributed by atoms with E-state index in [1.165, 1.54) is 128 Å². The van der Waals surface area contributed by atoms with Gasteiger partial charge in [0.05, 0.1) is 0 Å². The van der Waals surface area contributed by atoms with Crippen LogP contribution in [0.4, 0.5) is 0 Å². The first-order valence-corrected chi connectivity index (χ1v) is 18.4. The molecule has 0 aliphatic carbocycles. The van der Waals surface area contributed by atoms with Crippen molar-refractivity contribution in [3.05, 3.63) is 41.5 Å². The van der Waals surface area contributed by atoms with Crippen LogP contribution in [0, 0.1) is 0 Å². The summed E-state index contributed by atoms with van der Waals surface area (Å²) in [5.74, 6) is 0. The second-order valence-corrected chi connectivity index (χ2v) is 13.5. The number of fused-ring (bicyclic) bond motifs is 1. The lowest BCUT2D eigenvalue weighted by atomic mass is 9.96. The van der Waals surface area contributed by atoms with Crippen molar-refractivity contribution in [2.24, 2.45) is 0 Å². The summed E-state index contributed by atoms with van der Waals surface area (Å²) in [7, 11) is -4.29. The van der Waals surface area contributed by atoms with Gasteiger partial charge in [-0.05, 0) is 42.2 Å². The number of hydrogen-bond acceptors (Lipinski definition) is 2. The van der Waals surface area contributed by atoms with Crippen molar-refractivity contribution in [3.63, 3.8) is 0 Å². The molecule has 0 bridgehead atoms. The van der Waals surface area contributed by atoms with Gasteiger partial charge in [-0.1, -0.05) is 173 Å². The summed E-state index contributed by atoms with van der Waals surface area (Å²) in [6, 6.07) is 9.98. The predicted molar refractivity (Wildman–Crippen MR) is 174 cm³/mol. The minimum Gasteiger partial charge on any atom is -0.282 e. The molecule has 0 radical (unpaired) electrons. The third-order valence-corrected chi connectivity index (χ3v) is 9.54. The summed E-state index contributed by atoms with van der Waals surface area (Å²) in [6.45, 7) is 4.53. The molecular formula is C36H60O3S. The van der Waals surface area contributed by atoms with Crippen LogP contribution in [-0.4, -0.2) is 13.0 Å². The minimum atomic E-state index is -4.29. The van der Waals surface area contributed by atoms with Crippen molar-refractivity contribution in [2.75, 3.05) is 0 Å². The Labute approximate surface area is 247 Å². The van der Waals surface area contributed by atoms with E-state index in [1.807, 2.05) is 18.2 Å². The minimum absolute atomic E-state index is 0.137. The van der Waals surface area contributed by atoms with Crippen molar-refractivity contribution in [2.45, 2.75) is 173 Å². The molecule has 0 fully saturated rings. The topological polar surface area (TPSA) is 54.4 Å². The Kier molecular flexibility index (Phi) is 18.6. The maximum atomic E-state index is 12.5. The van der Waals surface area contributed by atoms with E-state index in [0.29, 0.717) is 11.8 Å². The van der Waals surface area contributed by atoms with Crippen molar-refractivity contribution in [1.29, 1.82) is 0 Å². The highest BCUT2D eigenvalue weighted by molar-refractivity contribution is 7.86. The first-order chi connectivity index (χ1) is 19.5. The Morgan fingerprint density at radius 2 is 0.875 bits per heavy atom. The van der Waals surface area contributed by atoms with E-state index in [-0.39, 0.29) is 4.90 Å². The van der Waals surface area contributed by atoms with E-state index in [2.05, 4.69) is 26.0 Å². The fourth-order valence-electron chi connectivity index (χ4n) is 6.12. The van der Waals surface area contributed by atoms with Gasteiger partial charge in [0.25, 0.3) is 10.1 Å². The van der Waals surface area contributed by atoms with E-state index in [1.54, 1.807) is 0 Å². The lowest BCUT2D eigenvalue weighted by molar-refractivity contribution is 0.482. The SMILES string of the molecule is CCCCCCCCCCCCCc1ccc2c(CCCCCCCCCCCCC)cccc2c1S(=O)(=O)O. The van der Waals surface area contributed by atoms with Gasteiger partial charge in [-0.2, -0.15) is 8.42 Å². The highest BCUT2D eigenvalue weighted by atomic mass is 32.2. The molecule has 0 unspecified atom stereocenters. The maximum absolute atomic E-state index is 12.5. The van der Waals surface area contributed by atoms with Crippen LogP contribution in [0.25, 0.3) is 10.8 Å². The molecule has 0 atom stereocenters. The lowest BCUT2D eigenvalue weighted by Gasteiger charge is -2.14. The van der Waals surface area contributed by atoms with Crippen LogP contribution in [0.2, 0.25) is 0 Å². The van der Waals surface area contributed by atoms with Crippen molar-refractivity contribution >= 4 is 20.9 Å². The quantitative estimate of drug-likeness (QED) is 0.0950. The lowest BCUT2D eigenvalue weighted by Crippen LogP contribution is -2.05. The van der Waals surface area contributed by atoms with Gasteiger partial charge < -0.3 is 0 Å². The molecule has 0 saturated carbocycles. The molecule has 0 aliphatic heterocycles. The Morgan fingerprint density at radius 3 is 1.30 bits per heavy atom. The zero-order valence-corrected chi connectivity index (χ0v) is 26.8. The molecule has 0 aromatic heterocycles. The first kappa shape index (κ1) is 34.8. The molecule has 2 rings (SSSR count). The van der Waals surface area contributed by atoms with Gasteiger partial charge in [-0.15, -0.1) is 0 Å². The van der Waals surface area contributed by atoms with Crippen LogP contribution in [0.3, 0.4) is 0 Å². The average molecular weight is 573 g/mol. The molecular weight excluding hydrogens is 512 g/mol. The summed E-state index contributed by atoms with van der Waals surface area (Å²) < 4.78 is 35.2. The monoisotopic (exact) mass is 572 g/mol. The fourth-order valence-corrected chi connectivity index (χ4v) is 7.08. The second-order valence-electron chi connectivity index (χ2n) is 12.1. The number of unbranched alkanes of at least 4 members (excludes halogenated alkanes) is 20. The summed E-state index contributed by atoms with van der Waals surface area (Å²) in [4.78, 5) is 0.137. The van der Waals surface area contributed by atoms with Gasteiger partial charge >= 0.3 is 0 Å². The number of rotatable bonds is 25. The van der Waals surface area contributed by atoms with Crippen LogP contribution >= 0.6 is 0 Å². The smallest absolute Gasteiger partial charge is 0.282 e. The zero-order valence-electron chi connectivity index (χ0n) is 26.0. The molecule has 4 heteroatoms. The van der Waals surface area contributed by atoms with E-state index in [9.17, 15) is 13.0 Å². The molecule has 0 saturated heterocycles. The fraction of sp³-hybridized carbons (Fsp3) is 0.722. The van der Waals surface area contributed by atoms with Crippen LogP contribution in [0.5, 0.6) is 0 Å². The van der Waals surface area contributed by atoms with Crippen LogP contribution in [-0.2, 0) is 23.0 Å². The summed E-state index contributed by atoms with van der Waals surface area (Å²) in [6.07, 6.45) is 30.1. The van der Waals surface area contributed by atoms with Gasteiger partial charge in [-0.3, -0.25) is 4.55 Å². The second kappa shape index (κ2) is 21.3. The van der Waals surface area contributed by atoms with E-state index in [4.69, 9.17) is 0 Å². The van der Waals surface area contributed by atoms with Gasteiger partial charge in [0.1, 0.15) is 4.90 Å². The van der Waals surface area contributed by atoms with E-state index < -0.39 is 10.1 Å². The summed E-state index contributed by atoms with van der Waals surface area (Å²) in [5, 5.41) is 1.66. The largest absolute Gasteiger partial charge is 0.295 e. The normalized spacial score (nSPS) is 12.0. The molecule has 1 N–H and O–H groups in total. The highest BCUT2D eigenvalue weighted by Crippen LogP contribution is 2.31. The third kappa shape index (κ3) is 14.0. The number of aryl methyl sites for hydroxylation is 2. The molecule has 0 aliphatic rings. The zero-order chi connectivity index (χ0) is 28.9. The Morgan fingerprint density at radius 1 is 0.475 bits per heavy atom.